The van der Waals surface area contributed by atoms with E-state index in [1.165, 1.54) is 180 Å². The number of hydrogen-bond donors (Lipinski definition) is 16. The molecule has 0 aliphatic rings. The molecule has 0 unspecified atom stereocenters. The minimum Gasteiger partial charge on any atom is -0.395 e. The maximum atomic E-state index is 13.6. The van der Waals surface area contributed by atoms with Gasteiger partial charge in [-0.1, -0.05) is 339 Å². The van der Waals surface area contributed by atoms with Crippen molar-refractivity contribution in [3.05, 3.63) is 69.8 Å². The standard InChI is InChI=1S/C41H84O4.C33H52O4.2H4O5P2/c1-3-5-7-9-11-13-15-17-19-21-23-25-27-29-31-33-35-41(45,40(37-42,38-43)39-44)36-34-32-30-28-26-24-22-20-18-16-14-12-10-8-6-4-2;1-28(2,3)22-15-13-16-23(29(4,5)6)26(22)33(37,32(19-34,20-35)21-36)27-24(30(7,8)9)17-14-18-25(27)31(10,11)12;2*1-6(2)5-7(3)4/h42-45H,3-39H2,1-2H3;13-18,34-37H,19-21H2,1-12H3;2*1-4H. The molecule has 0 heterocycles. The molecule has 0 aliphatic heterocycles. The van der Waals surface area contributed by atoms with Gasteiger partial charge in [-0.2, -0.15) is 0 Å². The van der Waals surface area contributed by atoms with E-state index in [-0.39, 0.29) is 41.5 Å². The van der Waals surface area contributed by atoms with Crippen molar-refractivity contribution >= 4 is 34.4 Å². The van der Waals surface area contributed by atoms with Crippen molar-refractivity contribution in [3.8, 4) is 0 Å². The Balaban J connectivity index is 0. The molecule has 16 N–H and O–H groups in total. The molecule has 0 radical (unpaired) electrons. The first-order chi connectivity index (χ1) is 44.9. The lowest BCUT2D eigenvalue weighted by atomic mass is 9.56. The monoisotopic (exact) mass is 1440 g/mol. The second kappa shape index (κ2) is 52.4. The number of aliphatic hydroxyl groups is 8. The molecule has 0 amide bonds. The lowest BCUT2D eigenvalue weighted by Crippen LogP contribution is -2.57. The molecule has 0 saturated heterocycles. The number of benzene rings is 2. The van der Waals surface area contributed by atoms with Gasteiger partial charge in [0.2, 0.25) is 0 Å². The summed E-state index contributed by atoms with van der Waals surface area (Å²) in [5.74, 6) is 0. The summed E-state index contributed by atoms with van der Waals surface area (Å²) in [7, 11) is -10.4. The van der Waals surface area contributed by atoms with Gasteiger partial charge in [-0.15, -0.1) is 0 Å². The number of aliphatic hydroxyl groups excluding tert-OH is 6. The van der Waals surface area contributed by atoms with Gasteiger partial charge >= 0.3 is 34.4 Å². The zero-order valence-corrected chi connectivity index (χ0v) is 66.1. The average molecular weight is 1450 g/mol. The highest BCUT2D eigenvalue weighted by Gasteiger charge is 2.58. The summed E-state index contributed by atoms with van der Waals surface area (Å²) in [5, 5.41) is 88.3. The fraction of sp³-hybridized carbons (Fsp3) is 0.838. The summed E-state index contributed by atoms with van der Waals surface area (Å²) >= 11 is 0. The van der Waals surface area contributed by atoms with Gasteiger partial charge in [-0.05, 0) is 67.9 Å². The molecule has 2 aromatic carbocycles. The lowest BCUT2D eigenvalue weighted by Gasteiger charge is -2.51. The van der Waals surface area contributed by atoms with E-state index in [2.05, 4.69) is 106 Å². The van der Waals surface area contributed by atoms with E-state index in [0.717, 1.165) is 47.9 Å². The Morgan fingerprint density at radius 3 is 0.604 bits per heavy atom. The number of unbranched alkanes of at least 4 members (excludes halogenated alkanes) is 30. The van der Waals surface area contributed by atoms with Crippen LogP contribution in [-0.2, 0) is 35.9 Å². The largest absolute Gasteiger partial charge is 0.395 e. The van der Waals surface area contributed by atoms with E-state index in [4.69, 9.17) is 39.1 Å². The van der Waals surface area contributed by atoms with Crippen molar-refractivity contribution in [3.63, 3.8) is 0 Å². The zero-order chi connectivity index (χ0) is 73.7. The molecule has 96 heavy (non-hydrogen) atoms. The highest BCUT2D eigenvalue weighted by atomic mass is 31.2. The normalized spacial score (nSPS) is 12.9. The minimum atomic E-state index is -2.61. The third-order valence-electron chi connectivity index (χ3n) is 18.8. The summed E-state index contributed by atoms with van der Waals surface area (Å²) in [6.07, 6.45) is 43.0. The van der Waals surface area contributed by atoms with Gasteiger partial charge in [0.1, 0.15) is 5.60 Å². The topological polar surface area (TPSA) is 342 Å². The van der Waals surface area contributed by atoms with Crippen molar-refractivity contribution in [1.82, 2.24) is 0 Å². The van der Waals surface area contributed by atoms with Crippen LogP contribution in [0.4, 0.5) is 0 Å². The molecule has 0 bridgehead atoms. The SMILES string of the molecule is CC(C)(C)c1cccc(C(C)(C)C)c1C(O)(c1c(C(C)(C)C)cccc1C(C)(C)C)C(CO)(CO)CO.CCCCCCCCCCCCCCCCCCC(O)(CCCCCCCCCCCCCCCCCC)C(CO)(CO)CO.OP(O)OP(O)O.OP(O)OP(O)O. The Kier molecular flexibility index (Phi) is 53.2. The molecule has 0 fully saturated rings. The molecule has 2 rings (SSSR count). The van der Waals surface area contributed by atoms with Gasteiger partial charge in [0.25, 0.3) is 0 Å². The molecule has 22 heteroatoms. The summed E-state index contributed by atoms with van der Waals surface area (Å²) in [5.41, 5.74) is -2.46. The smallest absolute Gasteiger partial charge is 0.334 e. The van der Waals surface area contributed by atoms with E-state index < -0.39 is 76.3 Å². The number of rotatable bonds is 48. The zero-order valence-electron chi connectivity index (χ0n) is 62.5. The quantitative estimate of drug-likeness (QED) is 0.0216. The van der Waals surface area contributed by atoms with Gasteiger partial charge in [-0.25, -0.2) is 8.62 Å². The Hall–Kier alpha value is -0.560. The molecule has 0 atom stereocenters. The van der Waals surface area contributed by atoms with Crippen molar-refractivity contribution < 1.29 is 88.6 Å². The Labute approximate surface area is 588 Å². The van der Waals surface area contributed by atoms with E-state index >= 15 is 0 Å². The van der Waals surface area contributed by atoms with Crippen LogP contribution in [0.15, 0.2) is 36.4 Å². The third-order valence-corrected chi connectivity index (χ3v) is 21.2. The second-order valence-electron chi connectivity index (χ2n) is 31.0. The van der Waals surface area contributed by atoms with E-state index in [1.54, 1.807) is 0 Å². The predicted octanol–water partition coefficient (Wildman–Crippen LogP) is 16.9. The first-order valence-electron chi connectivity index (χ1n) is 36.4. The minimum absolute atomic E-state index is 0.366. The Bertz CT molecular complexity index is 1970. The summed E-state index contributed by atoms with van der Waals surface area (Å²) < 4.78 is 7.20. The van der Waals surface area contributed by atoms with E-state index in [9.17, 15) is 40.9 Å². The van der Waals surface area contributed by atoms with Crippen LogP contribution in [0.2, 0.25) is 0 Å². The average Bonchev–Trinajstić information content (AvgIpc) is 0.700. The van der Waals surface area contributed by atoms with Crippen molar-refractivity contribution in [1.29, 1.82) is 0 Å². The molecular formula is C74H144O18P4. The number of hydrogen-bond acceptors (Lipinski definition) is 18. The Morgan fingerprint density at radius 2 is 0.458 bits per heavy atom. The molecule has 0 aliphatic carbocycles. The summed E-state index contributed by atoms with van der Waals surface area (Å²) in [6.45, 7) is 26.9. The second-order valence-corrected chi connectivity index (χ2v) is 34.3. The van der Waals surface area contributed by atoms with Gasteiger partial charge in [0.15, 0.2) is 0 Å². The Morgan fingerprint density at radius 1 is 0.281 bits per heavy atom. The van der Waals surface area contributed by atoms with Gasteiger partial charge in [-0.3, -0.25) is 0 Å². The molecule has 0 aromatic heterocycles. The summed E-state index contributed by atoms with van der Waals surface area (Å²) in [4.78, 5) is 62.5. The fourth-order valence-electron chi connectivity index (χ4n) is 12.8. The first kappa shape index (κ1) is 97.5. The highest BCUT2D eigenvalue weighted by molar-refractivity contribution is 7.53. The van der Waals surface area contributed by atoms with Crippen LogP contribution in [-0.4, -0.2) is 125 Å². The van der Waals surface area contributed by atoms with Crippen molar-refractivity contribution in [2.45, 2.75) is 348 Å². The maximum absolute atomic E-state index is 13.6. The highest BCUT2D eigenvalue weighted by Crippen LogP contribution is 2.55. The van der Waals surface area contributed by atoms with Gasteiger partial charge < -0.3 is 80.0 Å². The molecule has 568 valence electrons. The molecule has 2 aromatic rings. The van der Waals surface area contributed by atoms with E-state index in [1.807, 2.05) is 36.4 Å². The first-order valence-corrected chi connectivity index (χ1v) is 41.1. The molecule has 0 saturated carbocycles. The van der Waals surface area contributed by atoms with Gasteiger partial charge in [0.05, 0.1) is 56.1 Å². The van der Waals surface area contributed by atoms with Crippen LogP contribution >= 0.6 is 34.4 Å². The van der Waals surface area contributed by atoms with Gasteiger partial charge in [0, 0.05) is 0 Å². The van der Waals surface area contributed by atoms with Crippen LogP contribution in [0.1, 0.15) is 349 Å². The van der Waals surface area contributed by atoms with Crippen LogP contribution in [0.3, 0.4) is 0 Å². The molecule has 18 nitrogen and oxygen atoms in total. The van der Waals surface area contributed by atoms with Crippen LogP contribution in [0.5, 0.6) is 0 Å². The van der Waals surface area contributed by atoms with Crippen LogP contribution < -0.4 is 0 Å². The predicted molar refractivity (Wildman–Crippen MR) is 399 cm³/mol. The van der Waals surface area contributed by atoms with Crippen LogP contribution in [0.25, 0.3) is 0 Å². The van der Waals surface area contributed by atoms with Crippen LogP contribution in [0, 0.1) is 10.8 Å². The van der Waals surface area contributed by atoms with Crippen molar-refractivity contribution in [2.75, 3.05) is 39.6 Å². The maximum Gasteiger partial charge on any atom is 0.334 e. The molecule has 0 spiro atoms. The molecular weight excluding hydrogens is 1300 g/mol. The fourth-order valence-corrected chi connectivity index (χ4v) is 13.9. The lowest BCUT2D eigenvalue weighted by molar-refractivity contribution is -0.162. The van der Waals surface area contributed by atoms with Crippen molar-refractivity contribution in [2.24, 2.45) is 10.8 Å². The third kappa shape index (κ3) is 37.7. The van der Waals surface area contributed by atoms with E-state index in [0.29, 0.717) is 24.0 Å². The summed E-state index contributed by atoms with van der Waals surface area (Å²) in [6, 6.07) is 12.2.